The van der Waals surface area contributed by atoms with Gasteiger partial charge in [-0.25, -0.2) is 8.78 Å². The van der Waals surface area contributed by atoms with Gasteiger partial charge in [-0.05, 0) is 30.3 Å². The van der Waals surface area contributed by atoms with Crippen molar-refractivity contribution in [2.45, 2.75) is 11.0 Å². The first-order valence-electron chi connectivity index (χ1n) is 11.6. The number of nitrogens with one attached hydrogen (secondary N) is 2. The molecule has 0 aliphatic carbocycles. The van der Waals surface area contributed by atoms with Gasteiger partial charge in [0.25, 0.3) is 0 Å². The van der Waals surface area contributed by atoms with E-state index in [4.69, 9.17) is 26.4 Å². The molecule has 0 radical (unpaired) electrons. The zero-order valence-corrected chi connectivity index (χ0v) is 21.3. The maximum Gasteiger partial charge on any atom is 0.236 e. The molecule has 0 amide bonds. The Morgan fingerprint density at radius 3 is 2.79 bits per heavy atom. The van der Waals surface area contributed by atoms with Crippen molar-refractivity contribution in [2.24, 2.45) is 16.5 Å². The molecule has 2 atom stereocenters. The van der Waals surface area contributed by atoms with Crippen LogP contribution < -0.4 is 26.3 Å². The van der Waals surface area contributed by atoms with E-state index >= 15 is 8.78 Å². The molecule has 0 aromatic heterocycles. The molecule has 0 bridgehead atoms. The monoisotopic (exact) mass is 546 g/mol. The number of aromatic hydroxyl groups is 1. The van der Waals surface area contributed by atoms with E-state index in [0.717, 1.165) is 24.0 Å². The Kier molecular flexibility index (Phi) is 8.09. The molecule has 0 saturated heterocycles. The zero-order valence-electron chi connectivity index (χ0n) is 20.4. The molecule has 0 spiro atoms. The number of halogens is 2. The molecule has 38 heavy (non-hydrogen) atoms. The number of benzene rings is 2. The Bertz CT molecular complexity index is 1320. The van der Waals surface area contributed by atoms with Gasteiger partial charge in [-0.15, -0.1) is 11.8 Å². The van der Waals surface area contributed by atoms with Crippen LogP contribution in [-0.4, -0.2) is 70.3 Å². The number of dihydropyridines is 1. The standard InChI is InChI=1S/C25H28F2N6O4S/c1-33-8-7-31-23(33)15-3-2-4-17(9-15)36-20-11-25(27,38-13-16(28)12-34)21(26)24(32-20)37-19-10-14(22(29)30)5-6-18(19)35/h2-6,9-11,16,32,34-35H,7-8,12-13,28H2,1H3,(H3,29,30). The van der Waals surface area contributed by atoms with Gasteiger partial charge in [0, 0.05) is 42.6 Å². The number of hydrogen-bond acceptors (Lipinski definition) is 10. The quantitative estimate of drug-likeness (QED) is 0.194. The third kappa shape index (κ3) is 6.01. The number of nitrogens with zero attached hydrogens (tertiary/aromatic N) is 2. The summed E-state index contributed by atoms with van der Waals surface area (Å²) in [4.78, 5) is 6.48. The van der Waals surface area contributed by atoms with E-state index in [1.165, 1.54) is 18.2 Å². The van der Waals surface area contributed by atoms with Gasteiger partial charge in [0.2, 0.25) is 22.6 Å². The van der Waals surface area contributed by atoms with Crippen LogP contribution in [0.4, 0.5) is 8.78 Å². The highest BCUT2D eigenvalue weighted by Crippen LogP contribution is 2.43. The lowest BCUT2D eigenvalue weighted by molar-refractivity contribution is 0.245. The fourth-order valence-corrected chi connectivity index (χ4v) is 4.62. The van der Waals surface area contributed by atoms with Crippen molar-refractivity contribution < 1.29 is 28.5 Å². The SMILES string of the molecule is CN1CCN=C1c1cccc(OC2=CC(F)(SCC(N)CO)C(F)=C(Oc3cc(C(=N)N)ccc3O)N2)c1. The largest absolute Gasteiger partial charge is 0.504 e. The molecule has 2 aliphatic heterocycles. The maximum atomic E-state index is 16.0. The number of alkyl halides is 1. The summed E-state index contributed by atoms with van der Waals surface area (Å²) in [6.45, 7) is 1.04. The van der Waals surface area contributed by atoms with Crippen LogP contribution in [0.1, 0.15) is 11.1 Å². The van der Waals surface area contributed by atoms with E-state index in [2.05, 4.69) is 10.3 Å². The fraction of sp³-hybridized carbons (Fsp3) is 0.280. The summed E-state index contributed by atoms with van der Waals surface area (Å²) in [5, 5.41) is 26.8. The Balaban J connectivity index is 1.65. The first kappa shape index (κ1) is 27.2. The summed E-state index contributed by atoms with van der Waals surface area (Å²) in [5.74, 6) is -2.18. The van der Waals surface area contributed by atoms with Gasteiger partial charge in [-0.2, -0.15) is 0 Å². The van der Waals surface area contributed by atoms with Crippen molar-refractivity contribution in [3.05, 3.63) is 77.3 Å². The number of thioether (sulfide) groups is 1. The van der Waals surface area contributed by atoms with Crippen LogP contribution in [0, 0.1) is 5.41 Å². The molecule has 8 N–H and O–H groups in total. The molecule has 2 aromatic rings. The second-order valence-electron chi connectivity index (χ2n) is 8.63. The number of aliphatic imine (C=N–C) groups is 1. The van der Waals surface area contributed by atoms with Crippen LogP contribution in [0.2, 0.25) is 0 Å². The highest BCUT2D eigenvalue weighted by molar-refractivity contribution is 8.00. The van der Waals surface area contributed by atoms with Gasteiger partial charge in [-0.1, -0.05) is 12.1 Å². The lowest BCUT2D eigenvalue weighted by Crippen LogP contribution is -2.36. The number of amidine groups is 2. The van der Waals surface area contributed by atoms with Gasteiger partial charge >= 0.3 is 0 Å². The van der Waals surface area contributed by atoms with E-state index in [0.29, 0.717) is 24.1 Å². The molecule has 4 rings (SSSR count). The summed E-state index contributed by atoms with van der Waals surface area (Å²) < 4.78 is 42.9. The fourth-order valence-electron chi connectivity index (χ4n) is 3.64. The molecule has 0 saturated carbocycles. The van der Waals surface area contributed by atoms with Crippen LogP contribution in [0.15, 0.2) is 71.1 Å². The molecule has 13 heteroatoms. The lowest BCUT2D eigenvalue weighted by Gasteiger charge is -2.29. The summed E-state index contributed by atoms with van der Waals surface area (Å²) in [7, 11) is 1.92. The number of nitrogen functional groups attached to an aromatic ring is 1. The molecular formula is C25H28F2N6O4S. The molecule has 2 heterocycles. The molecule has 2 unspecified atom stereocenters. The zero-order chi connectivity index (χ0) is 27.4. The number of likely N-dealkylation sites (N-methyl/N-ethyl adjacent to an activating group) is 1. The molecule has 0 fully saturated rings. The van der Waals surface area contributed by atoms with E-state index < -0.39 is 29.4 Å². The minimum Gasteiger partial charge on any atom is -0.504 e. The van der Waals surface area contributed by atoms with Crippen molar-refractivity contribution in [1.82, 2.24) is 10.2 Å². The second kappa shape index (κ2) is 11.3. The van der Waals surface area contributed by atoms with Gasteiger partial charge in [-0.3, -0.25) is 15.7 Å². The summed E-state index contributed by atoms with van der Waals surface area (Å²) in [5.41, 5.74) is 12.2. The van der Waals surface area contributed by atoms with Crippen LogP contribution in [0.25, 0.3) is 0 Å². The van der Waals surface area contributed by atoms with Gasteiger partial charge in [0.1, 0.15) is 17.4 Å². The average molecular weight is 547 g/mol. The summed E-state index contributed by atoms with van der Waals surface area (Å²) in [6.07, 6.45) is 0.904. The number of hydrogen-bond donors (Lipinski definition) is 6. The van der Waals surface area contributed by atoms with Crippen molar-refractivity contribution >= 4 is 23.4 Å². The summed E-state index contributed by atoms with van der Waals surface area (Å²) >= 11 is 0.502. The van der Waals surface area contributed by atoms with Crippen LogP contribution in [0.3, 0.4) is 0 Å². The minimum atomic E-state index is -2.77. The predicted octanol–water partition coefficient (Wildman–Crippen LogP) is 2.13. The second-order valence-corrected chi connectivity index (χ2v) is 9.85. The van der Waals surface area contributed by atoms with Crippen molar-refractivity contribution in [1.29, 1.82) is 5.41 Å². The van der Waals surface area contributed by atoms with Crippen molar-refractivity contribution in [2.75, 3.05) is 32.5 Å². The van der Waals surface area contributed by atoms with Crippen LogP contribution in [0.5, 0.6) is 17.2 Å². The van der Waals surface area contributed by atoms with Gasteiger partial charge < -0.3 is 36.1 Å². The molecule has 10 nitrogen and oxygen atoms in total. The van der Waals surface area contributed by atoms with E-state index in [-0.39, 0.29) is 34.5 Å². The van der Waals surface area contributed by atoms with E-state index in [9.17, 15) is 10.2 Å². The van der Waals surface area contributed by atoms with E-state index in [1.807, 2.05) is 18.0 Å². The molecule has 2 aromatic carbocycles. The van der Waals surface area contributed by atoms with E-state index in [1.54, 1.807) is 18.2 Å². The number of aliphatic hydroxyl groups excluding tert-OH is 1. The molecule has 2 aliphatic rings. The Morgan fingerprint density at radius 2 is 2.11 bits per heavy atom. The van der Waals surface area contributed by atoms with Crippen molar-refractivity contribution in [3.63, 3.8) is 0 Å². The Morgan fingerprint density at radius 1 is 1.32 bits per heavy atom. The third-order valence-electron chi connectivity index (χ3n) is 5.66. The minimum absolute atomic E-state index is 0.121. The Labute approximate surface area is 222 Å². The molecule has 202 valence electrons. The number of ether oxygens (including phenoxy) is 2. The summed E-state index contributed by atoms with van der Waals surface area (Å²) in [6, 6.07) is 9.99. The molecular weight excluding hydrogens is 518 g/mol. The average Bonchev–Trinajstić information content (AvgIpc) is 3.32. The van der Waals surface area contributed by atoms with Crippen molar-refractivity contribution in [3.8, 4) is 17.2 Å². The van der Waals surface area contributed by atoms with Gasteiger partial charge in [0.15, 0.2) is 11.5 Å². The topological polar surface area (TPSA) is 162 Å². The normalized spacial score (nSPS) is 20.0. The first-order valence-corrected chi connectivity index (χ1v) is 12.6. The first-order chi connectivity index (χ1) is 18.1. The number of phenolic OH excluding ortho intramolecular Hbond substituents is 1. The smallest absolute Gasteiger partial charge is 0.236 e. The predicted molar refractivity (Wildman–Crippen MR) is 142 cm³/mol. The van der Waals surface area contributed by atoms with Gasteiger partial charge in [0.05, 0.1) is 13.2 Å². The lowest BCUT2D eigenvalue weighted by atomic mass is 10.2. The van der Waals surface area contributed by atoms with Crippen LogP contribution in [-0.2, 0) is 0 Å². The Hall–Kier alpha value is -3.81. The number of rotatable bonds is 10. The maximum absolute atomic E-state index is 16.0. The highest BCUT2D eigenvalue weighted by atomic mass is 32.2. The van der Waals surface area contributed by atoms with Crippen LogP contribution >= 0.6 is 11.8 Å². The highest BCUT2D eigenvalue weighted by Gasteiger charge is 2.43. The number of nitrogens with two attached hydrogens (primary N) is 2. The number of aliphatic hydroxyl groups is 1. The number of phenols is 1. The third-order valence-corrected chi connectivity index (χ3v) is 6.97.